The molecular weight excluding hydrogens is 234 g/mol. The molecule has 108 valence electrons. The maximum Gasteiger partial charge on any atom is 0.0587 e. The van der Waals surface area contributed by atoms with E-state index in [1.54, 1.807) is 0 Å². The van der Waals surface area contributed by atoms with Crippen LogP contribution in [0.5, 0.6) is 0 Å². The van der Waals surface area contributed by atoms with Gasteiger partial charge in [-0.25, -0.2) is 0 Å². The highest BCUT2D eigenvalue weighted by molar-refractivity contribution is 5.15. The normalized spacial score (nSPS) is 16.0. The molecule has 1 rings (SSSR count). The maximum absolute atomic E-state index is 9.56. The van der Waals surface area contributed by atoms with Gasteiger partial charge in [0.1, 0.15) is 0 Å². The molecule has 0 saturated carbocycles. The topological polar surface area (TPSA) is 32.3 Å². The van der Waals surface area contributed by atoms with Gasteiger partial charge in [-0.2, -0.15) is 0 Å². The lowest BCUT2D eigenvalue weighted by molar-refractivity contribution is 0.220. The third-order valence-electron chi connectivity index (χ3n) is 3.89. The van der Waals surface area contributed by atoms with Gasteiger partial charge in [0.05, 0.1) is 6.61 Å². The number of hydrogen-bond acceptors (Lipinski definition) is 2. The van der Waals surface area contributed by atoms with Crippen molar-refractivity contribution in [2.45, 2.75) is 58.5 Å². The molecule has 2 nitrogen and oxygen atoms in total. The zero-order valence-electron chi connectivity index (χ0n) is 12.6. The number of aliphatic hydroxyl groups excluding tert-OH is 1. The van der Waals surface area contributed by atoms with Crippen LogP contribution in [0, 0.1) is 5.92 Å². The van der Waals surface area contributed by atoms with Gasteiger partial charge in [-0.05, 0) is 30.7 Å². The van der Waals surface area contributed by atoms with E-state index in [-0.39, 0.29) is 12.6 Å². The van der Waals surface area contributed by atoms with Crippen molar-refractivity contribution >= 4 is 0 Å². The van der Waals surface area contributed by atoms with Crippen molar-refractivity contribution in [3.05, 3.63) is 35.9 Å². The van der Waals surface area contributed by atoms with Gasteiger partial charge in [-0.15, -0.1) is 0 Å². The van der Waals surface area contributed by atoms with E-state index in [1.807, 2.05) is 6.07 Å². The Hall–Kier alpha value is -0.860. The Balaban J connectivity index is 2.50. The van der Waals surface area contributed by atoms with Gasteiger partial charge in [-0.3, -0.25) is 0 Å². The van der Waals surface area contributed by atoms with Gasteiger partial charge in [0.25, 0.3) is 0 Å². The van der Waals surface area contributed by atoms with Crippen LogP contribution in [0.4, 0.5) is 0 Å². The summed E-state index contributed by atoms with van der Waals surface area (Å²) in [5, 5.41) is 13.2. The van der Waals surface area contributed by atoms with E-state index in [0.29, 0.717) is 6.04 Å². The zero-order chi connectivity index (χ0) is 14.1. The molecule has 0 aliphatic heterocycles. The summed E-state index contributed by atoms with van der Waals surface area (Å²) in [5.74, 6) is 0.744. The quantitative estimate of drug-likeness (QED) is 0.716. The molecule has 0 heterocycles. The van der Waals surface area contributed by atoms with Crippen LogP contribution in [0.25, 0.3) is 0 Å². The zero-order valence-corrected chi connectivity index (χ0v) is 12.6. The molecule has 0 radical (unpaired) electrons. The monoisotopic (exact) mass is 263 g/mol. The molecular formula is C17H29NO. The minimum Gasteiger partial charge on any atom is -0.395 e. The standard InChI is InChI=1S/C17H29NO/c1-4-14(3)11-16(5-2)18-17(13-19)12-15-9-7-6-8-10-15/h6-10,14,16-19H,4-5,11-13H2,1-3H3/t14?,16?,17-/m0/s1. The van der Waals surface area contributed by atoms with Gasteiger partial charge in [-0.1, -0.05) is 57.5 Å². The predicted octanol–water partition coefficient (Wildman–Crippen LogP) is 3.39. The van der Waals surface area contributed by atoms with Crippen molar-refractivity contribution in [1.82, 2.24) is 5.32 Å². The Morgan fingerprint density at radius 1 is 1.05 bits per heavy atom. The largest absolute Gasteiger partial charge is 0.395 e. The highest BCUT2D eigenvalue weighted by Gasteiger charge is 2.15. The molecule has 0 spiro atoms. The van der Waals surface area contributed by atoms with Crippen molar-refractivity contribution in [3.8, 4) is 0 Å². The van der Waals surface area contributed by atoms with Crippen LogP contribution in [-0.2, 0) is 6.42 Å². The molecule has 1 aromatic rings. The van der Waals surface area contributed by atoms with Crippen LogP contribution in [0.15, 0.2) is 30.3 Å². The first-order chi connectivity index (χ1) is 9.19. The van der Waals surface area contributed by atoms with Crippen LogP contribution in [0.1, 0.15) is 45.6 Å². The lowest BCUT2D eigenvalue weighted by Gasteiger charge is -2.26. The number of aliphatic hydroxyl groups is 1. The molecule has 19 heavy (non-hydrogen) atoms. The number of nitrogens with one attached hydrogen (secondary N) is 1. The second kappa shape index (κ2) is 9.11. The second-order valence-corrected chi connectivity index (χ2v) is 5.59. The SMILES string of the molecule is CCC(C)CC(CC)N[C@H](CO)Cc1ccccc1. The third-order valence-corrected chi connectivity index (χ3v) is 3.89. The van der Waals surface area contributed by atoms with Crippen molar-refractivity contribution in [2.24, 2.45) is 5.92 Å². The summed E-state index contributed by atoms with van der Waals surface area (Å²) < 4.78 is 0. The fourth-order valence-electron chi connectivity index (χ4n) is 2.41. The van der Waals surface area contributed by atoms with Gasteiger partial charge < -0.3 is 10.4 Å². The first-order valence-corrected chi connectivity index (χ1v) is 7.60. The van der Waals surface area contributed by atoms with E-state index in [4.69, 9.17) is 0 Å². The summed E-state index contributed by atoms with van der Waals surface area (Å²) in [7, 11) is 0. The average molecular weight is 263 g/mol. The van der Waals surface area contributed by atoms with Crippen molar-refractivity contribution in [3.63, 3.8) is 0 Å². The lowest BCUT2D eigenvalue weighted by Crippen LogP contribution is -2.42. The molecule has 3 atom stereocenters. The predicted molar refractivity (Wildman–Crippen MR) is 82.3 cm³/mol. The minimum atomic E-state index is 0.163. The fourth-order valence-corrected chi connectivity index (χ4v) is 2.41. The summed E-state index contributed by atoms with van der Waals surface area (Å²) >= 11 is 0. The molecule has 0 aliphatic rings. The van der Waals surface area contributed by atoms with Gasteiger partial charge in [0.15, 0.2) is 0 Å². The van der Waals surface area contributed by atoms with Crippen LogP contribution < -0.4 is 5.32 Å². The number of benzene rings is 1. The summed E-state index contributed by atoms with van der Waals surface area (Å²) in [4.78, 5) is 0. The smallest absolute Gasteiger partial charge is 0.0587 e. The molecule has 1 aromatic carbocycles. The van der Waals surface area contributed by atoms with E-state index in [0.717, 1.165) is 18.8 Å². The summed E-state index contributed by atoms with van der Waals surface area (Å²) in [6.45, 7) is 6.96. The van der Waals surface area contributed by atoms with E-state index in [1.165, 1.54) is 18.4 Å². The van der Waals surface area contributed by atoms with E-state index < -0.39 is 0 Å². The van der Waals surface area contributed by atoms with E-state index in [9.17, 15) is 5.11 Å². The van der Waals surface area contributed by atoms with Crippen LogP contribution >= 0.6 is 0 Å². The first-order valence-electron chi connectivity index (χ1n) is 7.60. The summed E-state index contributed by atoms with van der Waals surface area (Å²) in [6, 6.07) is 11.1. The highest BCUT2D eigenvalue weighted by Crippen LogP contribution is 2.13. The van der Waals surface area contributed by atoms with Gasteiger partial charge in [0.2, 0.25) is 0 Å². The minimum absolute atomic E-state index is 0.163. The van der Waals surface area contributed by atoms with E-state index in [2.05, 4.69) is 50.4 Å². The molecule has 2 unspecified atom stereocenters. The Bertz CT molecular complexity index is 325. The summed E-state index contributed by atoms with van der Waals surface area (Å²) in [5.41, 5.74) is 1.28. The van der Waals surface area contributed by atoms with Crippen molar-refractivity contribution in [1.29, 1.82) is 0 Å². The fraction of sp³-hybridized carbons (Fsp3) is 0.647. The molecule has 0 saturated heterocycles. The Kier molecular flexibility index (Phi) is 7.76. The molecule has 0 aromatic heterocycles. The highest BCUT2D eigenvalue weighted by atomic mass is 16.3. The molecule has 0 fully saturated rings. The third kappa shape index (κ3) is 6.22. The van der Waals surface area contributed by atoms with Crippen LogP contribution in [0.3, 0.4) is 0 Å². The van der Waals surface area contributed by atoms with Crippen molar-refractivity contribution in [2.75, 3.05) is 6.61 Å². The van der Waals surface area contributed by atoms with Gasteiger partial charge in [0, 0.05) is 12.1 Å². The molecule has 0 bridgehead atoms. The van der Waals surface area contributed by atoms with Crippen LogP contribution in [-0.4, -0.2) is 23.8 Å². The van der Waals surface area contributed by atoms with Gasteiger partial charge >= 0.3 is 0 Å². The molecule has 2 heteroatoms. The van der Waals surface area contributed by atoms with E-state index >= 15 is 0 Å². The Labute approximate surface area is 118 Å². The molecule has 0 amide bonds. The average Bonchev–Trinajstić information content (AvgIpc) is 2.46. The second-order valence-electron chi connectivity index (χ2n) is 5.59. The molecule has 0 aliphatic carbocycles. The Morgan fingerprint density at radius 2 is 1.74 bits per heavy atom. The number of rotatable bonds is 9. The molecule has 2 N–H and O–H groups in total. The number of hydrogen-bond donors (Lipinski definition) is 2. The Morgan fingerprint density at radius 3 is 2.26 bits per heavy atom. The lowest BCUT2D eigenvalue weighted by atomic mass is 9.96. The van der Waals surface area contributed by atoms with Crippen LogP contribution in [0.2, 0.25) is 0 Å². The summed E-state index contributed by atoms with van der Waals surface area (Å²) in [6.07, 6.45) is 4.43. The maximum atomic E-state index is 9.56. The first kappa shape index (κ1) is 16.2. The van der Waals surface area contributed by atoms with Crippen molar-refractivity contribution < 1.29 is 5.11 Å².